The fourth-order valence-electron chi connectivity index (χ4n) is 0.575. The largest absolute Gasteiger partial charge is 0.506 e. The van der Waals surface area contributed by atoms with Crippen LogP contribution in [-0.2, 0) is 6.18 Å². The van der Waals surface area contributed by atoms with Crippen LogP contribution >= 0.6 is 0 Å². The number of alkyl halides is 3. The fraction of sp³-hybridized carbons (Fsp3) is 0.286. The molecule has 1 aromatic heterocycles. The number of pyridine rings is 1. The van der Waals surface area contributed by atoms with Gasteiger partial charge in [0.2, 0.25) is 0 Å². The molecule has 0 atom stereocenters. The first-order valence-electron chi connectivity index (χ1n) is 5.24. The summed E-state index contributed by atoms with van der Waals surface area (Å²) in [6, 6.07) is -1.45. The highest BCUT2D eigenvalue weighted by Gasteiger charge is 2.33. The van der Waals surface area contributed by atoms with Crippen molar-refractivity contribution in [1.29, 1.82) is 0 Å². The SMILES string of the molecule is [2H]c1nc(C([2H])([2H])[2H])c(C(F)(F)F)c([2H])c1O. The first-order valence-corrected chi connectivity index (χ1v) is 2.74. The first kappa shape index (κ1) is 4.11. The van der Waals surface area contributed by atoms with E-state index < -0.39 is 42.3 Å². The number of hydrogen-bond acceptors (Lipinski definition) is 2. The van der Waals surface area contributed by atoms with Crippen LogP contribution in [0.1, 0.15) is 18.1 Å². The van der Waals surface area contributed by atoms with Crippen molar-refractivity contribution in [1.82, 2.24) is 4.98 Å². The van der Waals surface area contributed by atoms with Gasteiger partial charge in [-0.1, -0.05) is 0 Å². The predicted octanol–water partition coefficient (Wildman–Crippen LogP) is 2.11. The van der Waals surface area contributed by atoms with Crippen LogP contribution in [-0.4, -0.2) is 10.1 Å². The Morgan fingerprint density at radius 1 is 1.67 bits per heavy atom. The Labute approximate surface area is 73.7 Å². The van der Waals surface area contributed by atoms with E-state index in [1.807, 2.05) is 0 Å². The van der Waals surface area contributed by atoms with Crippen LogP contribution in [0.4, 0.5) is 13.2 Å². The molecular formula is C7H6F3NO. The average Bonchev–Trinajstić information content (AvgIpc) is 2.09. The third-order valence-corrected chi connectivity index (χ3v) is 1.04. The van der Waals surface area contributed by atoms with E-state index in [1.165, 1.54) is 0 Å². The van der Waals surface area contributed by atoms with E-state index in [0.717, 1.165) is 0 Å². The van der Waals surface area contributed by atoms with Crippen molar-refractivity contribution in [2.24, 2.45) is 0 Å². The summed E-state index contributed by atoms with van der Waals surface area (Å²) in [7, 11) is 0. The zero-order chi connectivity index (χ0) is 13.6. The second-order valence-electron chi connectivity index (χ2n) is 1.92. The molecule has 1 rings (SSSR count). The van der Waals surface area contributed by atoms with Gasteiger partial charge in [-0.25, -0.2) is 0 Å². The van der Waals surface area contributed by atoms with Crippen molar-refractivity contribution < 1.29 is 25.1 Å². The van der Waals surface area contributed by atoms with Crippen LogP contribution in [0.2, 0.25) is 0 Å². The molecule has 0 aliphatic heterocycles. The van der Waals surface area contributed by atoms with Crippen molar-refractivity contribution in [3.63, 3.8) is 0 Å². The summed E-state index contributed by atoms with van der Waals surface area (Å²) in [6.45, 7) is -3.22. The van der Waals surface area contributed by atoms with Crippen molar-refractivity contribution >= 4 is 0 Å². The molecule has 1 heterocycles. The van der Waals surface area contributed by atoms with E-state index in [4.69, 9.17) is 12.0 Å². The van der Waals surface area contributed by atoms with Crippen LogP contribution in [0, 0.1) is 6.85 Å². The molecule has 0 aromatic carbocycles. The van der Waals surface area contributed by atoms with Gasteiger partial charge in [-0.15, -0.1) is 0 Å². The molecule has 0 bridgehead atoms. The molecule has 0 radical (unpaired) electrons. The van der Waals surface area contributed by atoms with Gasteiger partial charge in [-0.2, -0.15) is 13.2 Å². The lowest BCUT2D eigenvalue weighted by Crippen LogP contribution is -2.08. The van der Waals surface area contributed by atoms with Gasteiger partial charge in [0.25, 0.3) is 0 Å². The Hall–Kier alpha value is -1.26. The van der Waals surface area contributed by atoms with Gasteiger partial charge in [-0.05, 0) is 12.9 Å². The van der Waals surface area contributed by atoms with Gasteiger partial charge in [0.1, 0.15) is 5.75 Å². The molecule has 0 fully saturated rings. The third-order valence-electron chi connectivity index (χ3n) is 1.04. The summed E-state index contributed by atoms with van der Waals surface area (Å²) < 4.78 is 72.4. The number of hydrogen-bond donors (Lipinski definition) is 1. The maximum absolute atomic E-state index is 12.6. The molecule has 0 amide bonds. The molecule has 0 saturated carbocycles. The molecule has 0 saturated heterocycles. The summed E-state index contributed by atoms with van der Waals surface area (Å²) in [6.07, 6.45) is -6.21. The monoisotopic (exact) mass is 182 g/mol. The summed E-state index contributed by atoms with van der Waals surface area (Å²) in [5.41, 5.74) is -3.25. The number of nitrogens with zero attached hydrogens (tertiary/aromatic N) is 1. The zero-order valence-electron chi connectivity index (χ0n) is 10.5. The number of rotatable bonds is 0. The van der Waals surface area contributed by atoms with Gasteiger partial charge < -0.3 is 5.11 Å². The maximum Gasteiger partial charge on any atom is 0.418 e. The minimum absolute atomic E-state index is 1.07. The van der Waals surface area contributed by atoms with Crippen LogP contribution in [0.5, 0.6) is 5.75 Å². The minimum Gasteiger partial charge on any atom is -0.506 e. The average molecular weight is 182 g/mol. The molecule has 0 aliphatic rings. The van der Waals surface area contributed by atoms with Crippen molar-refractivity contribution in [2.45, 2.75) is 13.0 Å². The van der Waals surface area contributed by atoms with Gasteiger partial charge in [-0.3, -0.25) is 4.98 Å². The second kappa shape index (κ2) is 2.66. The van der Waals surface area contributed by atoms with Crippen molar-refractivity contribution in [3.8, 4) is 5.75 Å². The Balaban J connectivity index is 3.71. The van der Waals surface area contributed by atoms with Crippen LogP contribution < -0.4 is 0 Å². The van der Waals surface area contributed by atoms with Gasteiger partial charge in [0, 0.05) is 9.81 Å². The Morgan fingerprint density at radius 3 is 2.83 bits per heavy atom. The summed E-state index contributed by atoms with van der Waals surface area (Å²) in [5.74, 6) is -1.30. The lowest BCUT2D eigenvalue weighted by Gasteiger charge is -2.08. The quantitative estimate of drug-likeness (QED) is 0.666. The number of aromatic nitrogens is 1. The number of halogens is 3. The molecule has 0 unspecified atom stereocenters. The zero-order valence-corrected chi connectivity index (χ0v) is 5.53. The molecule has 1 aromatic rings. The highest BCUT2D eigenvalue weighted by molar-refractivity contribution is 5.29. The van der Waals surface area contributed by atoms with Crippen molar-refractivity contribution in [2.75, 3.05) is 0 Å². The van der Waals surface area contributed by atoms with E-state index in [2.05, 4.69) is 4.98 Å². The van der Waals surface area contributed by atoms with Gasteiger partial charge in [0.15, 0.2) is 0 Å². The molecule has 66 valence electrons. The molecule has 0 spiro atoms. The number of aryl methyl sites for hydroxylation is 1. The van der Waals surface area contributed by atoms with E-state index >= 15 is 0 Å². The van der Waals surface area contributed by atoms with E-state index in [1.54, 1.807) is 0 Å². The summed E-state index contributed by atoms with van der Waals surface area (Å²) in [5, 5.41) is 9.02. The standard InChI is InChI=1S/C7H6F3NO/c1-4-6(7(8,9)10)2-5(12)3-11-4/h2-3,12H,1H3/i1D3,2D,3D. The van der Waals surface area contributed by atoms with Crippen LogP contribution in [0.15, 0.2) is 12.2 Å². The summed E-state index contributed by atoms with van der Waals surface area (Å²) >= 11 is 0. The highest BCUT2D eigenvalue weighted by atomic mass is 19.4. The van der Waals surface area contributed by atoms with E-state index in [0.29, 0.717) is 0 Å². The predicted molar refractivity (Wildman–Crippen MR) is 35.6 cm³/mol. The lowest BCUT2D eigenvalue weighted by molar-refractivity contribution is -0.138. The second-order valence-corrected chi connectivity index (χ2v) is 1.92. The molecule has 0 aliphatic carbocycles. The Bertz CT molecular complexity index is 456. The van der Waals surface area contributed by atoms with Gasteiger partial charge >= 0.3 is 6.18 Å². The lowest BCUT2D eigenvalue weighted by atomic mass is 10.2. The van der Waals surface area contributed by atoms with Crippen LogP contribution in [0.3, 0.4) is 0 Å². The molecule has 2 nitrogen and oxygen atoms in total. The molecule has 5 heteroatoms. The fourth-order valence-corrected chi connectivity index (χ4v) is 0.575. The maximum atomic E-state index is 12.6. The Kier molecular flexibility index (Phi) is 0.910. The highest BCUT2D eigenvalue weighted by Crippen LogP contribution is 2.32. The normalized spacial score (nSPS) is 18.8. The first-order chi connectivity index (χ1) is 7.46. The molecule has 1 N–H and O–H groups in total. The summed E-state index contributed by atoms with van der Waals surface area (Å²) in [4.78, 5) is 2.89. The minimum atomic E-state index is -5.14. The molecule has 12 heavy (non-hydrogen) atoms. The topological polar surface area (TPSA) is 33.1 Å². The smallest absolute Gasteiger partial charge is 0.418 e. The molecular weight excluding hydrogens is 171 g/mol. The van der Waals surface area contributed by atoms with Crippen LogP contribution in [0.25, 0.3) is 0 Å². The van der Waals surface area contributed by atoms with Gasteiger partial charge in [0.05, 0.1) is 14.5 Å². The Morgan fingerprint density at radius 2 is 2.33 bits per heavy atom. The van der Waals surface area contributed by atoms with E-state index in [9.17, 15) is 13.2 Å². The third kappa shape index (κ3) is 1.66. The van der Waals surface area contributed by atoms with Crippen molar-refractivity contribution in [3.05, 3.63) is 23.5 Å². The number of aromatic hydroxyl groups is 1. The van der Waals surface area contributed by atoms with E-state index in [-0.39, 0.29) is 0 Å².